The number of ether oxygens (including phenoxy) is 3. The lowest BCUT2D eigenvalue weighted by Crippen LogP contribution is -2.27. The summed E-state index contributed by atoms with van der Waals surface area (Å²) < 4.78 is 17.8. The highest BCUT2D eigenvalue weighted by atomic mass is 16.6. The lowest BCUT2D eigenvalue weighted by molar-refractivity contribution is -0.108. The summed E-state index contributed by atoms with van der Waals surface area (Å²) in [6.45, 7) is 5.41. The Hall–Kier alpha value is -2.87. The van der Waals surface area contributed by atoms with Gasteiger partial charge in [0.1, 0.15) is 25.6 Å². The average molecular weight is 453 g/mol. The number of aldehydes is 1. The van der Waals surface area contributed by atoms with Crippen molar-refractivity contribution in [2.45, 2.75) is 51.2 Å². The molecule has 0 bridgehead atoms. The summed E-state index contributed by atoms with van der Waals surface area (Å²) in [6, 6.07) is 6.26. The number of anilines is 1. The summed E-state index contributed by atoms with van der Waals surface area (Å²) in [5.41, 5.74) is 1.75. The van der Waals surface area contributed by atoms with Crippen LogP contribution in [0.25, 0.3) is 11.1 Å². The second kappa shape index (κ2) is 9.95. The zero-order valence-electron chi connectivity index (χ0n) is 19.2. The molecule has 1 aromatic carbocycles. The van der Waals surface area contributed by atoms with E-state index in [1.807, 2.05) is 24.4 Å². The minimum atomic E-state index is -0.0146. The van der Waals surface area contributed by atoms with Gasteiger partial charge in [0.15, 0.2) is 11.5 Å². The molecule has 0 radical (unpaired) electrons. The van der Waals surface area contributed by atoms with E-state index in [4.69, 9.17) is 19.2 Å². The highest BCUT2D eigenvalue weighted by Crippen LogP contribution is 2.38. The van der Waals surface area contributed by atoms with Crippen molar-refractivity contribution in [1.82, 2.24) is 14.9 Å². The maximum absolute atomic E-state index is 10.9. The third-order valence-electron chi connectivity index (χ3n) is 6.80. The van der Waals surface area contributed by atoms with Crippen LogP contribution < -0.4 is 19.5 Å². The quantitative estimate of drug-likeness (QED) is 0.639. The zero-order valence-corrected chi connectivity index (χ0v) is 19.2. The predicted molar refractivity (Wildman–Crippen MR) is 125 cm³/mol. The molecule has 1 aliphatic carbocycles. The van der Waals surface area contributed by atoms with Crippen LogP contribution in [0.15, 0.2) is 24.4 Å². The van der Waals surface area contributed by atoms with Gasteiger partial charge in [-0.15, -0.1) is 0 Å². The van der Waals surface area contributed by atoms with Gasteiger partial charge in [-0.05, 0) is 55.7 Å². The second-order valence-electron chi connectivity index (χ2n) is 9.33. The van der Waals surface area contributed by atoms with Crippen LogP contribution in [-0.2, 0) is 4.79 Å². The Balaban J connectivity index is 1.40. The number of carbonyl (C=O) groups excluding carboxylic acids is 1. The first-order valence-corrected chi connectivity index (χ1v) is 12.0. The van der Waals surface area contributed by atoms with Crippen LogP contribution in [0.1, 0.15) is 39.0 Å². The predicted octanol–water partition coefficient (Wildman–Crippen LogP) is 3.56. The fourth-order valence-electron chi connectivity index (χ4n) is 4.84. The maximum Gasteiger partial charge on any atom is 0.226 e. The molecule has 8 heteroatoms. The van der Waals surface area contributed by atoms with Gasteiger partial charge >= 0.3 is 0 Å². The van der Waals surface area contributed by atoms with Crippen molar-refractivity contribution in [3.05, 3.63) is 24.4 Å². The minimum absolute atomic E-state index is 0.0146. The molecule has 1 N–H and O–H groups in total. The largest absolute Gasteiger partial charge is 0.486 e. The number of hydrogen-bond acceptors (Lipinski definition) is 8. The smallest absolute Gasteiger partial charge is 0.226 e. The number of nitrogens with one attached hydrogen (secondary N) is 1. The summed E-state index contributed by atoms with van der Waals surface area (Å²) in [7, 11) is 0. The number of carbonyl (C=O) groups is 1. The molecule has 8 nitrogen and oxygen atoms in total. The summed E-state index contributed by atoms with van der Waals surface area (Å²) in [5.74, 6) is 3.43. The molecule has 176 valence electrons. The van der Waals surface area contributed by atoms with E-state index in [0.29, 0.717) is 44.2 Å². The lowest BCUT2D eigenvalue weighted by Gasteiger charge is -2.27. The lowest BCUT2D eigenvalue weighted by atomic mass is 9.87. The number of hydrogen-bond donors (Lipinski definition) is 1. The van der Waals surface area contributed by atoms with E-state index >= 15 is 0 Å². The molecule has 1 unspecified atom stereocenters. The fraction of sp³-hybridized carbons (Fsp3) is 0.560. The molecule has 33 heavy (non-hydrogen) atoms. The van der Waals surface area contributed by atoms with E-state index in [9.17, 15) is 4.79 Å². The van der Waals surface area contributed by atoms with Crippen LogP contribution in [0.2, 0.25) is 0 Å². The van der Waals surface area contributed by atoms with Gasteiger partial charge in [-0.2, -0.15) is 4.98 Å². The Bertz CT molecular complexity index is 977. The van der Waals surface area contributed by atoms with Gasteiger partial charge < -0.3 is 24.3 Å². The number of rotatable bonds is 7. The molecular formula is C25H32N4O4. The Kier molecular flexibility index (Phi) is 6.62. The number of aromatic nitrogens is 2. The molecule has 0 amide bonds. The Morgan fingerprint density at radius 2 is 1.97 bits per heavy atom. The molecular weight excluding hydrogens is 420 g/mol. The highest BCUT2D eigenvalue weighted by Gasteiger charge is 2.26. The van der Waals surface area contributed by atoms with Crippen molar-refractivity contribution in [2.75, 3.05) is 38.2 Å². The van der Waals surface area contributed by atoms with E-state index in [1.54, 1.807) is 0 Å². The Labute approximate surface area is 194 Å². The average Bonchev–Trinajstić information content (AvgIpc) is 3.27. The maximum atomic E-state index is 10.9. The number of likely N-dealkylation sites (tertiary alicyclic amines) is 1. The number of nitrogens with zero attached hydrogens (tertiary/aromatic N) is 3. The molecule has 0 spiro atoms. The third kappa shape index (κ3) is 5.21. The molecule has 2 aliphatic heterocycles. The van der Waals surface area contributed by atoms with Crippen LogP contribution in [0.3, 0.4) is 0 Å². The van der Waals surface area contributed by atoms with Crippen LogP contribution in [0, 0.1) is 5.92 Å². The van der Waals surface area contributed by atoms with Crippen molar-refractivity contribution >= 4 is 12.2 Å². The Morgan fingerprint density at radius 3 is 2.79 bits per heavy atom. The normalized spacial score (nSPS) is 24.9. The van der Waals surface area contributed by atoms with E-state index in [-0.39, 0.29) is 6.10 Å². The summed E-state index contributed by atoms with van der Waals surface area (Å²) in [6.07, 6.45) is 8.35. The summed E-state index contributed by atoms with van der Waals surface area (Å²) in [5, 5.41) is 3.52. The van der Waals surface area contributed by atoms with Crippen molar-refractivity contribution in [3.63, 3.8) is 0 Å². The fourth-order valence-corrected chi connectivity index (χ4v) is 4.84. The van der Waals surface area contributed by atoms with Gasteiger partial charge in [0.25, 0.3) is 0 Å². The molecule has 1 saturated carbocycles. The Morgan fingerprint density at radius 1 is 1.15 bits per heavy atom. The molecule has 3 heterocycles. The van der Waals surface area contributed by atoms with Crippen LogP contribution in [-0.4, -0.2) is 66.1 Å². The van der Waals surface area contributed by atoms with Crippen LogP contribution in [0.4, 0.5) is 5.95 Å². The first kappa shape index (κ1) is 21.9. The topological polar surface area (TPSA) is 85.8 Å². The van der Waals surface area contributed by atoms with Crippen molar-refractivity contribution in [3.8, 4) is 28.5 Å². The molecule has 3 aliphatic rings. The van der Waals surface area contributed by atoms with Crippen molar-refractivity contribution in [1.29, 1.82) is 0 Å². The highest BCUT2D eigenvalue weighted by molar-refractivity contribution is 5.71. The number of benzene rings is 1. The molecule has 5 rings (SSSR count). The molecule has 2 aromatic rings. The first-order valence-electron chi connectivity index (χ1n) is 12.0. The zero-order chi connectivity index (χ0) is 22.6. The molecule has 2 fully saturated rings. The molecule has 1 aromatic heterocycles. The van der Waals surface area contributed by atoms with E-state index < -0.39 is 0 Å². The van der Waals surface area contributed by atoms with Crippen LogP contribution >= 0.6 is 0 Å². The van der Waals surface area contributed by atoms with Crippen LogP contribution in [0.5, 0.6) is 17.4 Å². The van der Waals surface area contributed by atoms with Crippen molar-refractivity contribution in [2.24, 2.45) is 5.92 Å². The van der Waals surface area contributed by atoms with Gasteiger partial charge in [0.05, 0.1) is 12.1 Å². The van der Waals surface area contributed by atoms with Crippen molar-refractivity contribution < 1.29 is 19.0 Å². The second-order valence-corrected chi connectivity index (χ2v) is 9.33. The monoisotopic (exact) mass is 452 g/mol. The molecule has 1 saturated heterocycles. The van der Waals surface area contributed by atoms with Gasteiger partial charge in [-0.25, -0.2) is 4.98 Å². The SMILES string of the molecule is CC1CCC(Nc2ncc(-c3ccc4c(c3)OCCO4)c(OC3CCN(CC=O)C3)n2)CC1. The van der Waals surface area contributed by atoms with Gasteiger partial charge in [-0.3, -0.25) is 4.90 Å². The number of fused-ring (bicyclic) bond motifs is 1. The molecule has 1 atom stereocenters. The summed E-state index contributed by atoms with van der Waals surface area (Å²) in [4.78, 5) is 22.4. The third-order valence-corrected chi connectivity index (χ3v) is 6.80. The van der Waals surface area contributed by atoms with E-state index in [0.717, 1.165) is 60.6 Å². The van der Waals surface area contributed by atoms with Gasteiger partial charge in [-0.1, -0.05) is 13.0 Å². The van der Waals surface area contributed by atoms with Gasteiger partial charge in [0, 0.05) is 25.3 Å². The summed E-state index contributed by atoms with van der Waals surface area (Å²) >= 11 is 0. The first-order chi connectivity index (χ1) is 16.2. The van der Waals surface area contributed by atoms with E-state index in [2.05, 4.69) is 22.1 Å². The standard InChI is InChI=1S/C25H32N4O4/c1-17-2-5-19(6-3-17)27-25-26-15-21(18-4-7-22-23(14-18)32-13-12-31-22)24(28-25)33-20-8-9-29(16-20)10-11-30/h4,7,11,14-15,17,19-20H,2-3,5-6,8-10,12-13,16H2,1H3,(H,26,27,28). The van der Waals surface area contributed by atoms with Gasteiger partial charge in [0.2, 0.25) is 11.8 Å². The van der Waals surface area contributed by atoms with E-state index in [1.165, 1.54) is 12.8 Å². The minimum Gasteiger partial charge on any atom is -0.486 e.